The molecule has 0 saturated heterocycles. The molecule has 0 bridgehead atoms. The van der Waals surface area contributed by atoms with Crippen LogP contribution < -0.4 is 10.9 Å². The summed E-state index contributed by atoms with van der Waals surface area (Å²) in [5.74, 6) is 0.192. The van der Waals surface area contributed by atoms with E-state index in [1.807, 2.05) is 36.4 Å². The van der Waals surface area contributed by atoms with Crippen molar-refractivity contribution in [3.8, 4) is 5.69 Å². The molecule has 7 nitrogen and oxygen atoms in total. The van der Waals surface area contributed by atoms with Crippen LogP contribution in [0.25, 0.3) is 16.7 Å². The Morgan fingerprint density at radius 3 is 2.53 bits per heavy atom. The van der Waals surface area contributed by atoms with Crippen LogP contribution in [-0.2, 0) is 5.41 Å². The summed E-state index contributed by atoms with van der Waals surface area (Å²) < 4.78 is 1.67. The van der Waals surface area contributed by atoms with Gasteiger partial charge in [0.25, 0.3) is 5.91 Å². The van der Waals surface area contributed by atoms with Crippen LogP contribution in [0.1, 0.15) is 36.7 Å². The Balaban J connectivity index is 1.54. The minimum atomic E-state index is -0.260. The highest BCUT2D eigenvalue weighted by Gasteiger charge is 2.15. The fraction of sp³-hybridized carbons (Fsp3) is 0.182. The summed E-state index contributed by atoms with van der Waals surface area (Å²) in [6.07, 6.45) is 3.06. The molecule has 0 unspecified atom stereocenters. The van der Waals surface area contributed by atoms with E-state index < -0.39 is 0 Å². The van der Waals surface area contributed by atoms with Crippen LogP contribution >= 0.6 is 11.6 Å². The molecule has 0 saturated carbocycles. The van der Waals surface area contributed by atoms with Crippen LogP contribution in [0.3, 0.4) is 0 Å². The highest BCUT2D eigenvalue weighted by Crippen LogP contribution is 2.23. The van der Waals surface area contributed by atoms with E-state index in [0.717, 1.165) is 11.3 Å². The van der Waals surface area contributed by atoms with Crippen molar-refractivity contribution in [1.29, 1.82) is 0 Å². The average Bonchev–Trinajstić information content (AvgIpc) is 3.16. The van der Waals surface area contributed by atoms with E-state index in [1.165, 1.54) is 6.33 Å². The SMILES string of the molecule is CC(C)(C)c1ccc(C(=O)NNc2ncnc3c2cnn3-c2cccc(Cl)c2)cc1. The third kappa shape index (κ3) is 3.97. The van der Waals surface area contributed by atoms with Crippen LogP contribution in [0.5, 0.6) is 0 Å². The number of nitrogens with zero attached hydrogens (tertiary/aromatic N) is 4. The minimum absolute atomic E-state index is 0.0307. The topological polar surface area (TPSA) is 84.7 Å². The third-order valence-corrected chi connectivity index (χ3v) is 4.96. The Kier molecular flexibility index (Phi) is 5.13. The van der Waals surface area contributed by atoms with Gasteiger partial charge in [-0.05, 0) is 41.3 Å². The molecule has 1 amide bonds. The normalized spacial score (nSPS) is 11.5. The molecular formula is C22H21ClN6O. The molecule has 2 aromatic carbocycles. The Hall–Kier alpha value is -3.45. The summed E-state index contributed by atoms with van der Waals surface area (Å²) in [6.45, 7) is 6.40. The number of rotatable bonds is 4. The maximum Gasteiger partial charge on any atom is 0.269 e. The maximum absolute atomic E-state index is 12.5. The Morgan fingerprint density at radius 2 is 1.83 bits per heavy atom. The molecule has 0 spiro atoms. The van der Waals surface area contributed by atoms with E-state index in [-0.39, 0.29) is 11.3 Å². The zero-order chi connectivity index (χ0) is 21.3. The van der Waals surface area contributed by atoms with Crippen LogP contribution in [0.15, 0.2) is 61.1 Å². The molecule has 30 heavy (non-hydrogen) atoms. The van der Waals surface area contributed by atoms with Gasteiger partial charge in [-0.15, -0.1) is 0 Å². The summed E-state index contributed by atoms with van der Waals surface area (Å²) in [4.78, 5) is 21.1. The molecule has 0 aliphatic rings. The summed E-state index contributed by atoms with van der Waals surface area (Å²) in [7, 11) is 0. The number of benzene rings is 2. The number of anilines is 1. The van der Waals surface area contributed by atoms with Gasteiger partial charge in [-0.3, -0.25) is 15.6 Å². The molecule has 4 aromatic rings. The van der Waals surface area contributed by atoms with Crippen molar-refractivity contribution in [2.45, 2.75) is 26.2 Å². The Bertz CT molecular complexity index is 1210. The van der Waals surface area contributed by atoms with Gasteiger partial charge in [0.2, 0.25) is 0 Å². The fourth-order valence-corrected chi connectivity index (χ4v) is 3.23. The van der Waals surface area contributed by atoms with Crippen molar-refractivity contribution >= 4 is 34.4 Å². The lowest BCUT2D eigenvalue weighted by Crippen LogP contribution is -2.30. The van der Waals surface area contributed by atoms with Crippen LogP contribution in [0.2, 0.25) is 5.02 Å². The van der Waals surface area contributed by atoms with Gasteiger partial charge in [-0.1, -0.05) is 50.6 Å². The number of nitrogens with one attached hydrogen (secondary N) is 2. The fourth-order valence-electron chi connectivity index (χ4n) is 3.05. The number of carbonyl (C=O) groups is 1. The van der Waals surface area contributed by atoms with Crippen molar-refractivity contribution in [3.05, 3.63) is 77.2 Å². The van der Waals surface area contributed by atoms with Crippen molar-refractivity contribution in [2.24, 2.45) is 0 Å². The second kappa shape index (κ2) is 7.76. The van der Waals surface area contributed by atoms with Gasteiger partial charge >= 0.3 is 0 Å². The van der Waals surface area contributed by atoms with Gasteiger partial charge in [-0.2, -0.15) is 5.10 Å². The second-order valence-corrected chi connectivity index (χ2v) is 8.34. The number of hydrogen-bond donors (Lipinski definition) is 2. The van der Waals surface area contributed by atoms with Gasteiger partial charge in [-0.25, -0.2) is 14.6 Å². The lowest BCUT2D eigenvalue weighted by Gasteiger charge is -2.19. The standard InChI is InChI=1S/C22H21ClN6O/c1-22(2,3)15-9-7-14(8-10-15)21(30)28-27-19-18-12-26-29(20(18)25-13-24-19)17-6-4-5-16(23)11-17/h4-13H,1-3H3,(H,28,30)(H,24,25,27). The largest absolute Gasteiger partial charge is 0.281 e. The highest BCUT2D eigenvalue weighted by molar-refractivity contribution is 6.30. The lowest BCUT2D eigenvalue weighted by atomic mass is 9.87. The highest BCUT2D eigenvalue weighted by atomic mass is 35.5. The number of aromatic nitrogens is 4. The van der Waals surface area contributed by atoms with Crippen molar-refractivity contribution in [3.63, 3.8) is 0 Å². The average molecular weight is 421 g/mol. The number of fused-ring (bicyclic) bond motifs is 1. The molecule has 2 heterocycles. The summed E-state index contributed by atoms with van der Waals surface area (Å²) in [5, 5.41) is 5.66. The van der Waals surface area contributed by atoms with Gasteiger partial charge in [0.1, 0.15) is 6.33 Å². The predicted octanol–water partition coefficient (Wildman–Crippen LogP) is 4.52. The molecule has 152 valence electrons. The molecule has 8 heteroatoms. The van der Waals surface area contributed by atoms with Crippen molar-refractivity contribution in [2.75, 3.05) is 5.43 Å². The van der Waals surface area contributed by atoms with Gasteiger partial charge in [0, 0.05) is 10.6 Å². The number of hydrazine groups is 1. The molecule has 2 N–H and O–H groups in total. The lowest BCUT2D eigenvalue weighted by molar-refractivity contribution is 0.0962. The van der Waals surface area contributed by atoms with Gasteiger partial charge in [0.15, 0.2) is 11.5 Å². The van der Waals surface area contributed by atoms with E-state index in [4.69, 9.17) is 11.6 Å². The predicted molar refractivity (Wildman–Crippen MR) is 118 cm³/mol. The molecule has 0 atom stereocenters. The quantitative estimate of drug-likeness (QED) is 0.474. The Labute approximate surface area is 179 Å². The van der Waals surface area contributed by atoms with Crippen LogP contribution in [-0.4, -0.2) is 25.7 Å². The maximum atomic E-state index is 12.5. The van der Waals surface area contributed by atoms with Crippen molar-refractivity contribution in [1.82, 2.24) is 25.2 Å². The van der Waals surface area contributed by atoms with Gasteiger partial charge in [0.05, 0.1) is 17.3 Å². The summed E-state index contributed by atoms with van der Waals surface area (Å²) in [6, 6.07) is 14.9. The monoisotopic (exact) mass is 420 g/mol. The zero-order valence-corrected chi connectivity index (χ0v) is 17.6. The smallest absolute Gasteiger partial charge is 0.269 e. The molecular weight excluding hydrogens is 400 g/mol. The first-order chi connectivity index (χ1) is 14.3. The van der Waals surface area contributed by atoms with Crippen molar-refractivity contribution < 1.29 is 4.79 Å². The summed E-state index contributed by atoms with van der Waals surface area (Å²) >= 11 is 6.09. The van der Waals surface area contributed by atoms with Gasteiger partial charge < -0.3 is 0 Å². The molecule has 4 rings (SSSR count). The van der Waals surface area contributed by atoms with E-state index in [1.54, 1.807) is 23.0 Å². The Morgan fingerprint density at radius 1 is 1.07 bits per heavy atom. The first-order valence-electron chi connectivity index (χ1n) is 9.44. The van der Waals surface area contributed by atoms with E-state index >= 15 is 0 Å². The van der Waals surface area contributed by atoms with E-state index in [2.05, 4.69) is 46.7 Å². The van der Waals surface area contributed by atoms with Crippen LogP contribution in [0, 0.1) is 0 Å². The molecule has 2 aromatic heterocycles. The first kappa shape index (κ1) is 19.8. The first-order valence-corrected chi connectivity index (χ1v) is 9.82. The van der Waals surface area contributed by atoms with Crippen LogP contribution in [0.4, 0.5) is 5.82 Å². The zero-order valence-electron chi connectivity index (χ0n) is 16.8. The summed E-state index contributed by atoms with van der Waals surface area (Å²) in [5.41, 5.74) is 8.69. The third-order valence-electron chi connectivity index (χ3n) is 4.73. The number of amides is 1. The molecule has 0 aliphatic heterocycles. The number of hydrogen-bond acceptors (Lipinski definition) is 5. The minimum Gasteiger partial charge on any atom is -0.281 e. The number of halogens is 1. The van der Waals surface area contributed by atoms with E-state index in [0.29, 0.717) is 27.4 Å². The number of carbonyl (C=O) groups excluding carboxylic acids is 1. The molecule has 0 fully saturated rings. The molecule has 0 aliphatic carbocycles. The second-order valence-electron chi connectivity index (χ2n) is 7.90. The molecule has 0 radical (unpaired) electrons. The van der Waals surface area contributed by atoms with E-state index in [9.17, 15) is 4.79 Å².